The first-order valence-electron chi connectivity index (χ1n) is 10.5. The zero-order chi connectivity index (χ0) is 23.0. The third-order valence-electron chi connectivity index (χ3n) is 5.86. The highest BCUT2D eigenvalue weighted by Gasteiger charge is 2.42. The van der Waals surface area contributed by atoms with Gasteiger partial charge in [0, 0.05) is 29.9 Å². The standard InChI is InChI=1S/C26H26BrN3O2/c1-17-6-5-7-18(2)24(17)29-16-23(31)30(22-14-10-20(27)11-15-22)25(26(29)32)19-8-12-21(13-9-19)28(3)4/h5-15,25H,16H2,1-4H3/t25-/m0/s1. The normalized spacial score (nSPS) is 16.5. The van der Waals surface area contributed by atoms with Crippen LogP contribution in [0.4, 0.5) is 17.1 Å². The minimum atomic E-state index is -0.743. The molecule has 0 spiro atoms. The van der Waals surface area contributed by atoms with Gasteiger partial charge in [-0.1, -0.05) is 46.3 Å². The Morgan fingerprint density at radius 1 is 0.875 bits per heavy atom. The molecule has 1 fully saturated rings. The van der Waals surface area contributed by atoms with E-state index in [0.717, 1.165) is 32.5 Å². The number of benzene rings is 3. The molecule has 4 rings (SSSR count). The number of piperazine rings is 1. The summed E-state index contributed by atoms with van der Waals surface area (Å²) in [5, 5.41) is 0. The Bertz CT molecular complexity index is 1140. The Morgan fingerprint density at radius 2 is 1.47 bits per heavy atom. The molecule has 32 heavy (non-hydrogen) atoms. The first kappa shape index (κ1) is 22.1. The molecular weight excluding hydrogens is 466 g/mol. The Labute approximate surface area is 197 Å². The van der Waals surface area contributed by atoms with Gasteiger partial charge in [0.15, 0.2) is 0 Å². The van der Waals surface area contributed by atoms with Gasteiger partial charge in [0.2, 0.25) is 5.91 Å². The van der Waals surface area contributed by atoms with E-state index in [1.165, 1.54) is 0 Å². The van der Waals surface area contributed by atoms with E-state index >= 15 is 0 Å². The quantitative estimate of drug-likeness (QED) is 0.500. The van der Waals surface area contributed by atoms with Crippen LogP contribution in [0.3, 0.4) is 0 Å². The Morgan fingerprint density at radius 3 is 2.03 bits per heavy atom. The third-order valence-corrected chi connectivity index (χ3v) is 6.39. The highest BCUT2D eigenvalue weighted by molar-refractivity contribution is 9.10. The second-order valence-electron chi connectivity index (χ2n) is 8.29. The van der Waals surface area contributed by atoms with Crippen molar-refractivity contribution in [3.05, 3.63) is 87.9 Å². The average Bonchev–Trinajstić information content (AvgIpc) is 2.76. The van der Waals surface area contributed by atoms with Crippen LogP contribution in [0.2, 0.25) is 0 Å². The molecule has 0 bridgehead atoms. The summed E-state index contributed by atoms with van der Waals surface area (Å²) in [6, 6.07) is 20.5. The van der Waals surface area contributed by atoms with Crippen molar-refractivity contribution in [2.24, 2.45) is 0 Å². The van der Waals surface area contributed by atoms with Crippen molar-refractivity contribution >= 4 is 44.8 Å². The third kappa shape index (κ3) is 4.02. The van der Waals surface area contributed by atoms with Gasteiger partial charge in [-0.25, -0.2) is 0 Å². The largest absolute Gasteiger partial charge is 0.378 e. The first-order chi connectivity index (χ1) is 15.3. The molecule has 1 aliphatic heterocycles. The van der Waals surface area contributed by atoms with E-state index in [1.807, 2.05) is 99.6 Å². The van der Waals surface area contributed by atoms with Crippen LogP contribution in [-0.4, -0.2) is 32.5 Å². The van der Waals surface area contributed by atoms with Gasteiger partial charge in [0.1, 0.15) is 12.6 Å². The SMILES string of the molecule is Cc1cccc(C)c1N1CC(=O)N(c2ccc(Br)cc2)[C@@H](c2ccc(N(C)C)cc2)C1=O. The maximum atomic E-state index is 14.0. The number of anilines is 3. The molecule has 0 radical (unpaired) electrons. The fraction of sp³-hybridized carbons (Fsp3) is 0.231. The highest BCUT2D eigenvalue weighted by atomic mass is 79.9. The zero-order valence-electron chi connectivity index (χ0n) is 18.7. The minimum Gasteiger partial charge on any atom is -0.378 e. The maximum absolute atomic E-state index is 14.0. The summed E-state index contributed by atoms with van der Waals surface area (Å²) in [5.74, 6) is -0.223. The summed E-state index contributed by atoms with van der Waals surface area (Å²) < 4.78 is 0.918. The number of para-hydroxylation sites is 1. The predicted octanol–water partition coefficient (Wildman–Crippen LogP) is 5.25. The summed E-state index contributed by atoms with van der Waals surface area (Å²) in [6.45, 7) is 3.96. The number of carbonyl (C=O) groups is 2. The van der Waals surface area contributed by atoms with Gasteiger partial charge in [-0.3, -0.25) is 14.5 Å². The summed E-state index contributed by atoms with van der Waals surface area (Å²) >= 11 is 3.45. The Hall–Kier alpha value is -3.12. The van der Waals surface area contributed by atoms with E-state index in [2.05, 4.69) is 15.9 Å². The van der Waals surface area contributed by atoms with Gasteiger partial charge in [-0.2, -0.15) is 0 Å². The van der Waals surface area contributed by atoms with Crippen molar-refractivity contribution in [3.63, 3.8) is 0 Å². The minimum absolute atomic E-state index is 0.00682. The van der Waals surface area contributed by atoms with Gasteiger partial charge in [-0.05, 0) is 66.9 Å². The highest BCUT2D eigenvalue weighted by Crippen LogP contribution is 2.37. The van der Waals surface area contributed by atoms with Gasteiger partial charge in [0.25, 0.3) is 5.91 Å². The van der Waals surface area contributed by atoms with Crippen LogP contribution in [0.5, 0.6) is 0 Å². The Kier molecular flexibility index (Phi) is 6.07. The van der Waals surface area contributed by atoms with Crippen molar-refractivity contribution in [2.75, 3.05) is 35.3 Å². The molecule has 3 aromatic carbocycles. The molecule has 6 heteroatoms. The molecule has 3 aromatic rings. The number of hydrogen-bond donors (Lipinski definition) is 0. The van der Waals surface area contributed by atoms with E-state index in [1.54, 1.807) is 9.80 Å². The molecule has 1 heterocycles. The number of carbonyl (C=O) groups excluding carboxylic acids is 2. The van der Waals surface area contributed by atoms with Crippen LogP contribution >= 0.6 is 15.9 Å². The van der Waals surface area contributed by atoms with E-state index < -0.39 is 6.04 Å². The van der Waals surface area contributed by atoms with Gasteiger partial charge < -0.3 is 9.80 Å². The van der Waals surface area contributed by atoms with E-state index in [4.69, 9.17) is 0 Å². The van der Waals surface area contributed by atoms with Gasteiger partial charge in [-0.15, -0.1) is 0 Å². The number of aryl methyl sites for hydroxylation is 2. The van der Waals surface area contributed by atoms with Crippen LogP contribution in [-0.2, 0) is 9.59 Å². The average molecular weight is 492 g/mol. The van der Waals surface area contributed by atoms with E-state index in [0.29, 0.717) is 5.69 Å². The fourth-order valence-electron chi connectivity index (χ4n) is 4.25. The molecule has 0 aliphatic carbocycles. The smallest absolute Gasteiger partial charge is 0.255 e. The summed E-state index contributed by atoms with van der Waals surface area (Å²) in [5.41, 5.74) is 5.29. The van der Waals surface area contributed by atoms with Crippen LogP contribution in [0.15, 0.2) is 71.2 Å². The molecular formula is C26H26BrN3O2. The molecule has 5 nitrogen and oxygen atoms in total. The number of amides is 2. The van der Waals surface area contributed by atoms with E-state index in [9.17, 15) is 9.59 Å². The number of halogens is 1. The molecule has 1 saturated heterocycles. The molecule has 2 amide bonds. The number of hydrogen-bond acceptors (Lipinski definition) is 3. The van der Waals surface area contributed by atoms with Gasteiger partial charge in [0.05, 0.1) is 5.69 Å². The van der Waals surface area contributed by atoms with Gasteiger partial charge >= 0.3 is 0 Å². The molecule has 0 saturated carbocycles. The second kappa shape index (κ2) is 8.79. The predicted molar refractivity (Wildman–Crippen MR) is 133 cm³/mol. The lowest BCUT2D eigenvalue weighted by Gasteiger charge is -2.41. The van der Waals surface area contributed by atoms with Crippen molar-refractivity contribution in [1.29, 1.82) is 0 Å². The van der Waals surface area contributed by atoms with Crippen molar-refractivity contribution in [3.8, 4) is 0 Å². The second-order valence-corrected chi connectivity index (χ2v) is 9.21. The van der Waals surface area contributed by atoms with Crippen LogP contribution in [0, 0.1) is 13.8 Å². The molecule has 1 atom stereocenters. The van der Waals surface area contributed by atoms with E-state index in [-0.39, 0.29) is 18.4 Å². The molecule has 0 aromatic heterocycles. The van der Waals surface area contributed by atoms with Crippen LogP contribution in [0.25, 0.3) is 0 Å². The van der Waals surface area contributed by atoms with Crippen molar-refractivity contribution < 1.29 is 9.59 Å². The van der Waals surface area contributed by atoms with Crippen molar-refractivity contribution in [1.82, 2.24) is 0 Å². The van der Waals surface area contributed by atoms with Crippen molar-refractivity contribution in [2.45, 2.75) is 19.9 Å². The zero-order valence-corrected chi connectivity index (χ0v) is 20.3. The lowest BCUT2D eigenvalue weighted by molar-refractivity contribution is -0.128. The summed E-state index contributed by atoms with van der Waals surface area (Å²) in [6.07, 6.45) is 0. The maximum Gasteiger partial charge on any atom is 0.255 e. The summed E-state index contributed by atoms with van der Waals surface area (Å²) in [7, 11) is 3.95. The molecule has 1 aliphatic rings. The topological polar surface area (TPSA) is 43.9 Å². The molecule has 0 N–H and O–H groups in total. The fourth-order valence-corrected chi connectivity index (χ4v) is 4.52. The molecule has 0 unspecified atom stereocenters. The summed E-state index contributed by atoms with van der Waals surface area (Å²) in [4.78, 5) is 32.7. The van der Waals surface area contributed by atoms with Crippen LogP contribution in [0.1, 0.15) is 22.7 Å². The van der Waals surface area contributed by atoms with Crippen LogP contribution < -0.4 is 14.7 Å². The number of nitrogens with zero attached hydrogens (tertiary/aromatic N) is 3. The Balaban J connectivity index is 1.84. The first-order valence-corrected chi connectivity index (χ1v) is 11.3. The lowest BCUT2D eigenvalue weighted by Crippen LogP contribution is -2.56. The monoisotopic (exact) mass is 491 g/mol. The molecule has 164 valence electrons. The lowest BCUT2D eigenvalue weighted by atomic mass is 9.97. The number of rotatable bonds is 4.